The highest BCUT2D eigenvalue weighted by Gasteiger charge is 2.05. The molecule has 0 atom stereocenters. The number of hydrogen-bond donors (Lipinski definition) is 2. The van der Waals surface area contributed by atoms with E-state index in [-0.39, 0.29) is 13.2 Å². The van der Waals surface area contributed by atoms with Crippen LogP contribution in [-0.4, -0.2) is 10.2 Å². The predicted octanol–water partition coefficient (Wildman–Crippen LogP) is 1.29. The smallest absolute Gasteiger partial charge is 0.0688 e. The Morgan fingerprint density at radius 2 is 1.75 bits per heavy atom. The second kappa shape index (κ2) is 3.70. The lowest BCUT2D eigenvalue weighted by molar-refractivity contribution is 0.259. The summed E-state index contributed by atoms with van der Waals surface area (Å²) in [5, 5.41) is 18.0. The molecule has 0 fully saturated rings. The molecular formula is C10H14O2. The summed E-state index contributed by atoms with van der Waals surface area (Å²) in [6.07, 6.45) is 0. The van der Waals surface area contributed by atoms with Gasteiger partial charge in [0.05, 0.1) is 13.2 Å². The topological polar surface area (TPSA) is 40.5 Å². The Morgan fingerprint density at radius 3 is 2.25 bits per heavy atom. The Bertz CT molecular complexity index is 279. The Balaban J connectivity index is 3.25. The minimum atomic E-state index is -0.00296. The predicted molar refractivity (Wildman–Crippen MR) is 47.8 cm³/mol. The standard InChI is InChI=1S/C10H14O2/c1-7-3-4-9(5-11)10(6-12)8(7)2/h3-4,11-12H,5-6H2,1-2H3. The first-order chi connectivity index (χ1) is 5.70. The molecule has 0 bridgehead atoms. The average Bonchev–Trinajstić information content (AvgIpc) is 2.09. The van der Waals surface area contributed by atoms with Gasteiger partial charge in [0.15, 0.2) is 0 Å². The zero-order valence-corrected chi connectivity index (χ0v) is 7.46. The normalized spacial score (nSPS) is 10.3. The van der Waals surface area contributed by atoms with Gasteiger partial charge in [-0.25, -0.2) is 0 Å². The summed E-state index contributed by atoms with van der Waals surface area (Å²) < 4.78 is 0. The van der Waals surface area contributed by atoms with Crippen LogP contribution in [0.15, 0.2) is 12.1 Å². The molecule has 0 spiro atoms. The van der Waals surface area contributed by atoms with Crippen molar-refractivity contribution in [3.63, 3.8) is 0 Å². The summed E-state index contributed by atoms with van der Waals surface area (Å²) in [7, 11) is 0. The first kappa shape index (κ1) is 9.23. The van der Waals surface area contributed by atoms with Gasteiger partial charge in [0.2, 0.25) is 0 Å². The lowest BCUT2D eigenvalue weighted by Gasteiger charge is -2.10. The molecule has 0 aromatic heterocycles. The van der Waals surface area contributed by atoms with Crippen LogP contribution in [-0.2, 0) is 13.2 Å². The summed E-state index contributed by atoms with van der Waals surface area (Å²) >= 11 is 0. The highest BCUT2D eigenvalue weighted by Crippen LogP contribution is 2.17. The first-order valence-corrected chi connectivity index (χ1v) is 4.00. The molecule has 2 N–H and O–H groups in total. The van der Waals surface area contributed by atoms with E-state index in [1.807, 2.05) is 26.0 Å². The third kappa shape index (κ3) is 1.49. The third-order valence-electron chi connectivity index (χ3n) is 2.29. The summed E-state index contributed by atoms with van der Waals surface area (Å²) in [6.45, 7) is 3.95. The van der Waals surface area contributed by atoms with Crippen molar-refractivity contribution in [2.45, 2.75) is 27.1 Å². The average molecular weight is 166 g/mol. The molecule has 66 valence electrons. The SMILES string of the molecule is Cc1ccc(CO)c(CO)c1C. The molecule has 0 radical (unpaired) electrons. The van der Waals surface area contributed by atoms with Gasteiger partial charge >= 0.3 is 0 Å². The molecule has 0 aliphatic rings. The lowest BCUT2D eigenvalue weighted by atomic mass is 9.99. The lowest BCUT2D eigenvalue weighted by Crippen LogP contribution is -1.98. The van der Waals surface area contributed by atoms with E-state index in [0.717, 1.165) is 22.3 Å². The monoisotopic (exact) mass is 166 g/mol. The first-order valence-electron chi connectivity index (χ1n) is 4.00. The van der Waals surface area contributed by atoms with Gasteiger partial charge in [-0.1, -0.05) is 12.1 Å². The fourth-order valence-electron chi connectivity index (χ4n) is 1.30. The largest absolute Gasteiger partial charge is 0.392 e. The number of rotatable bonds is 2. The van der Waals surface area contributed by atoms with Crippen molar-refractivity contribution >= 4 is 0 Å². The Kier molecular flexibility index (Phi) is 2.84. The Labute approximate surface area is 72.5 Å². The quantitative estimate of drug-likeness (QED) is 0.695. The van der Waals surface area contributed by atoms with Crippen molar-refractivity contribution in [3.05, 3.63) is 34.4 Å². The molecule has 0 aliphatic carbocycles. The molecule has 1 rings (SSSR count). The van der Waals surface area contributed by atoms with Crippen LogP contribution in [0.1, 0.15) is 22.3 Å². The van der Waals surface area contributed by atoms with E-state index in [9.17, 15) is 0 Å². The van der Waals surface area contributed by atoms with Crippen molar-refractivity contribution in [2.24, 2.45) is 0 Å². The maximum absolute atomic E-state index is 9.04. The zero-order valence-electron chi connectivity index (χ0n) is 7.46. The molecular weight excluding hydrogens is 152 g/mol. The van der Waals surface area contributed by atoms with Gasteiger partial charge in [-0.15, -0.1) is 0 Å². The van der Waals surface area contributed by atoms with Crippen LogP contribution in [0, 0.1) is 13.8 Å². The second-order valence-electron chi connectivity index (χ2n) is 2.96. The molecule has 1 aromatic carbocycles. The van der Waals surface area contributed by atoms with E-state index in [2.05, 4.69) is 0 Å². The van der Waals surface area contributed by atoms with Crippen molar-refractivity contribution in [1.82, 2.24) is 0 Å². The maximum Gasteiger partial charge on any atom is 0.0688 e. The van der Waals surface area contributed by atoms with Crippen LogP contribution in [0.2, 0.25) is 0 Å². The van der Waals surface area contributed by atoms with Crippen LogP contribution in [0.4, 0.5) is 0 Å². The van der Waals surface area contributed by atoms with Crippen LogP contribution >= 0.6 is 0 Å². The molecule has 0 unspecified atom stereocenters. The van der Waals surface area contributed by atoms with Gasteiger partial charge in [-0.2, -0.15) is 0 Å². The Morgan fingerprint density at radius 1 is 1.08 bits per heavy atom. The van der Waals surface area contributed by atoms with E-state index in [4.69, 9.17) is 10.2 Å². The van der Waals surface area contributed by atoms with Crippen molar-refractivity contribution < 1.29 is 10.2 Å². The Hall–Kier alpha value is -0.860. The molecule has 0 heterocycles. The van der Waals surface area contributed by atoms with E-state index in [1.165, 1.54) is 0 Å². The molecule has 0 aliphatic heterocycles. The van der Waals surface area contributed by atoms with Crippen molar-refractivity contribution in [3.8, 4) is 0 Å². The molecule has 12 heavy (non-hydrogen) atoms. The molecule has 2 nitrogen and oxygen atoms in total. The summed E-state index contributed by atoms with van der Waals surface area (Å²) in [6, 6.07) is 3.81. The fourth-order valence-corrected chi connectivity index (χ4v) is 1.30. The number of aliphatic hydroxyl groups excluding tert-OH is 2. The van der Waals surface area contributed by atoms with Gasteiger partial charge in [0, 0.05) is 0 Å². The van der Waals surface area contributed by atoms with Gasteiger partial charge in [0.1, 0.15) is 0 Å². The highest BCUT2D eigenvalue weighted by molar-refractivity contribution is 5.38. The van der Waals surface area contributed by atoms with Gasteiger partial charge in [-0.05, 0) is 36.1 Å². The summed E-state index contributed by atoms with van der Waals surface area (Å²) in [5.41, 5.74) is 3.90. The van der Waals surface area contributed by atoms with E-state index < -0.39 is 0 Å². The minimum absolute atomic E-state index is 0.00296. The van der Waals surface area contributed by atoms with Crippen molar-refractivity contribution in [1.29, 1.82) is 0 Å². The van der Waals surface area contributed by atoms with Gasteiger partial charge in [-0.3, -0.25) is 0 Å². The van der Waals surface area contributed by atoms with Crippen LogP contribution < -0.4 is 0 Å². The van der Waals surface area contributed by atoms with Gasteiger partial charge < -0.3 is 10.2 Å². The third-order valence-corrected chi connectivity index (χ3v) is 2.29. The zero-order chi connectivity index (χ0) is 9.14. The second-order valence-corrected chi connectivity index (χ2v) is 2.96. The molecule has 0 saturated carbocycles. The number of hydrogen-bond acceptors (Lipinski definition) is 2. The highest BCUT2D eigenvalue weighted by atomic mass is 16.3. The number of aryl methyl sites for hydroxylation is 1. The molecule has 0 amide bonds. The van der Waals surface area contributed by atoms with Crippen molar-refractivity contribution in [2.75, 3.05) is 0 Å². The molecule has 2 heteroatoms. The summed E-state index contributed by atoms with van der Waals surface area (Å²) in [4.78, 5) is 0. The van der Waals surface area contributed by atoms with Crippen LogP contribution in [0.3, 0.4) is 0 Å². The van der Waals surface area contributed by atoms with E-state index in [1.54, 1.807) is 0 Å². The van der Waals surface area contributed by atoms with E-state index >= 15 is 0 Å². The summed E-state index contributed by atoms with van der Waals surface area (Å²) in [5.74, 6) is 0. The van der Waals surface area contributed by atoms with Crippen LogP contribution in [0.25, 0.3) is 0 Å². The van der Waals surface area contributed by atoms with Crippen LogP contribution in [0.5, 0.6) is 0 Å². The minimum Gasteiger partial charge on any atom is -0.392 e. The van der Waals surface area contributed by atoms with E-state index in [0.29, 0.717) is 0 Å². The number of aliphatic hydroxyl groups is 2. The fraction of sp³-hybridized carbons (Fsp3) is 0.400. The molecule has 1 aromatic rings. The van der Waals surface area contributed by atoms with Gasteiger partial charge in [0.25, 0.3) is 0 Å². The maximum atomic E-state index is 9.04. The number of benzene rings is 1. The molecule has 0 saturated heterocycles.